The fourth-order valence-electron chi connectivity index (χ4n) is 6.40. The molecule has 0 aliphatic heterocycles. The summed E-state index contributed by atoms with van der Waals surface area (Å²) >= 11 is 0. The molecule has 3 rings (SSSR count). The number of carbonyl (C=O) groups is 2. The van der Waals surface area contributed by atoms with Crippen molar-refractivity contribution in [3.63, 3.8) is 0 Å². The third-order valence-corrected chi connectivity index (χ3v) is 15.2. The van der Waals surface area contributed by atoms with Gasteiger partial charge in [0.2, 0.25) is 0 Å². The van der Waals surface area contributed by atoms with E-state index in [4.69, 9.17) is 9.16 Å². The van der Waals surface area contributed by atoms with Gasteiger partial charge in [-0.2, -0.15) is 0 Å². The van der Waals surface area contributed by atoms with E-state index in [0.29, 0.717) is 5.56 Å². The molecule has 0 bridgehead atoms. The Balaban J connectivity index is 1.88. The number of carbonyl (C=O) groups excluding carboxylic acids is 2. The Morgan fingerprint density at radius 2 is 1.32 bits per heavy atom. The van der Waals surface area contributed by atoms with E-state index in [9.17, 15) is 9.59 Å². The van der Waals surface area contributed by atoms with E-state index in [1.54, 1.807) is 19.1 Å². The van der Waals surface area contributed by atoms with Gasteiger partial charge in [0.1, 0.15) is 0 Å². The Hall–Kier alpha value is -3.02. The van der Waals surface area contributed by atoms with Gasteiger partial charge < -0.3 is 9.16 Å². The first-order chi connectivity index (χ1) is 21.8. The second-order valence-electron chi connectivity index (χ2n) is 15.9. The molecule has 0 radical (unpaired) electrons. The predicted molar refractivity (Wildman–Crippen MR) is 200 cm³/mol. The molecule has 1 unspecified atom stereocenters. The summed E-state index contributed by atoms with van der Waals surface area (Å²) in [5.74, 6) is -1.43. The van der Waals surface area contributed by atoms with E-state index in [-0.39, 0.29) is 28.6 Å². The Morgan fingerprint density at radius 3 is 1.79 bits per heavy atom. The van der Waals surface area contributed by atoms with Crippen molar-refractivity contribution >= 4 is 20.1 Å². The molecule has 47 heavy (non-hydrogen) atoms. The molecule has 3 aromatic rings. The number of hydrogen-bond acceptors (Lipinski definition) is 4. The molecule has 1 atom stereocenters. The fourth-order valence-corrected chi connectivity index (χ4v) is 7.93. The van der Waals surface area contributed by atoms with Crippen LogP contribution >= 0.6 is 0 Å². The summed E-state index contributed by atoms with van der Waals surface area (Å²) in [6.07, 6.45) is 4.23. The molecule has 0 fully saturated rings. The molecule has 0 aromatic heterocycles. The number of Topliss-reactive ketones (excluding diaryl/α,β-unsaturated/α-hetero) is 1. The van der Waals surface area contributed by atoms with Crippen LogP contribution in [0.5, 0.6) is 0 Å². The number of esters is 1. The molecule has 0 heterocycles. The van der Waals surface area contributed by atoms with Gasteiger partial charge in [-0.15, -0.1) is 0 Å². The highest BCUT2D eigenvalue weighted by atomic mass is 28.4. The van der Waals surface area contributed by atoms with Crippen molar-refractivity contribution < 1.29 is 18.8 Å². The molecule has 0 aliphatic rings. The maximum atomic E-state index is 12.4. The Kier molecular flexibility index (Phi) is 12.3. The zero-order chi connectivity index (χ0) is 35.4. The third kappa shape index (κ3) is 8.72. The van der Waals surface area contributed by atoms with Gasteiger partial charge in [0.15, 0.2) is 8.32 Å². The van der Waals surface area contributed by atoms with E-state index in [1.807, 2.05) is 12.1 Å². The average Bonchev–Trinajstić information content (AvgIpc) is 2.99. The normalized spacial score (nSPS) is 13.4. The molecule has 0 saturated carbocycles. The van der Waals surface area contributed by atoms with Crippen molar-refractivity contribution in [3.8, 4) is 11.1 Å². The molecule has 5 heteroatoms. The van der Waals surface area contributed by atoms with Crippen molar-refractivity contribution in [1.82, 2.24) is 0 Å². The highest BCUT2D eigenvalue weighted by Gasteiger charge is 2.41. The van der Waals surface area contributed by atoms with E-state index in [1.165, 1.54) is 27.8 Å². The number of ether oxygens (including phenoxy) is 1. The number of ketones is 1. The highest BCUT2D eigenvalue weighted by molar-refractivity contribution is 6.74. The first kappa shape index (κ1) is 38.4. The molecular weight excluding hydrogens is 597 g/mol. The zero-order valence-electron chi connectivity index (χ0n) is 31.5. The van der Waals surface area contributed by atoms with Crippen LogP contribution in [0.2, 0.25) is 18.1 Å². The SMILES string of the molecule is CCOC(=O)C(=O)c1ccc(-c2ccc(C(CC)(CC)c3ccc(CCC(O[Si](C)(C)C(C)(C)C)C(C)(C)C)c(C)c3)cc2C)cc1. The van der Waals surface area contributed by atoms with Gasteiger partial charge in [0.05, 0.1) is 12.7 Å². The largest absolute Gasteiger partial charge is 0.460 e. The Bertz CT molecular complexity index is 1530. The van der Waals surface area contributed by atoms with Crippen LogP contribution < -0.4 is 0 Å². The lowest BCUT2D eigenvalue weighted by atomic mass is 9.69. The van der Waals surface area contributed by atoms with E-state index >= 15 is 0 Å². The van der Waals surface area contributed by atoms with Crippen LogP contribution in [-0.4, -0.2) is 32.8 Å². The van der Waals surface area contributed by atoms with Crippen molar-refractivity contribution in [1.29, 1.82) is 0 Å². The smallest absolute Gasteiger partial charge is 0.379 e. The van der Waals surface area contributed by atoms with Crippen LogP contribution in [0.4, 0.5) is 0 Å². The number of aryl methyl sites for hydroxylation is 3. The first-order valence-electron chi connectivity index (χ1n) is 17.5. The summed E-state index contributed by atoms with van der Waals surface area (Å²) in [6.45, 7) is 29.5. The van der Waals surface area contributed by atoms with Crippen LogP contribution in [0.15, 0.2) is 60.7 Å². The second-order valence-corrected chi connectivity index (χ2v) is 20.6. The van der Waals surface area contributed by atoms with E-state index in [2.05, 4.69) is 119 Å². The molecule has 0 amide bonds. The maximum Gasteiger partial charge on any atom is 0.379 e. The maximum absolute atomic E-state index is 12.4. The van der Waals surface area contributed by atoms with Gasteiger partial charge in [-0.1, -0.05) is 116 Å². The van der Waals surface area contributed by atoms with Crippen LogP contribution in [0.1, 0.15) is 120 Å². The average molecular weight is 657 g/mol. The predicted octanol–water partition coefficient (Wildman–Crippen LogP) is 11.2. The summed E-state index contributed by atoms with van der Waals surface area (Å²) in [5, 5.41) is 0.185. The van der Waals surface area contributed by atoms with Crippen LogP contribution in [-0.2, 0) is 25.8 Å². The molecule has 256 valence electrons. The molecule has 0 aliphatic carbocycles. The summed E-state index contributed by atoms with van der Waals surface area (Å²) in [7, 11) is -1.89. The van der Waals surface area contributed by atoms with Gasteiger partial charge in [-0.3, -0.25) is 4.79 Å². The van der Waals surface area contributed by atoms with Crippen LogP contribution in [0, 0.1) is 19.3 Å². The minimum atomic E-state index is -1.89. The lowest BCUT2D eigenvalue weighted by molar-refractivity contribution is -0.137. The molecule has 3 aromatic carbocycles. The van der Waals surface area contributed by atoms with Crippen LogP contribution in [0.3, 0.4) is 0 Å². The van der Waals surface area contributed by atoms with Crippen molar-refractivity contribution in [2.45, 2.75) is 131 Å². The minimum Gasteiger partial charge on any atom is -0.460 e. The molecule has 0 N–H and O–H groups in total. The summed E-state index contributed by atoms with van der Waals surface area (Å²) in [6, 6.07) is 21.2. The molecule has 4 nitrogen and oxygen atoms in total. The summed E-state index contributed by atoms with van der Waals surface area (Å²) in [5.41, 5.74) is 9.07. The molecule has 0 saturated heterocycles. The zero-order valence-corrected chi connectivity index (χ0v) is 32.5. The summed E-state index contributed by atoms with van der Waals surface area (Å²) < 4.78 is 11.9. The van der Waals surface area contributed by atoms with Crippen molar-refractivity contribution in [3.05, 3.63) is 94.0 Å². The Morgan fingerprint density at radius 1 is 0.766 bits per heavy atom. The number of benzene rings is 3. The lowest BCUT2D eigenvalue weighted by Crippen LogP contribution is -2.47. The second kappa shape index (κ2) is 15.0. The molecule has 0 spiro atoms. The molecular formula is C42H60O4Si. The monoisotopic (exact) mass is 656 g/mol. The standard InChI is InChI=1S/C42H60O4Si/c1-14-42(15-2,35-24-25-36(30(5)28-35)32-17-19-33(20-18-32)38(43)39(44)45-16-3)34-23-21-31(29(4)27-34)22-26-37(40(6,7)8)46-47(12,13)41(9,10)11/h17-21,23-25,27-28,37H,14-16,22,26H2,1-13H3. The fraction of sp³-hybridized carbons (Fsp3) is 0.524. The lowest BCUT2D eigenvalue weighted by Gasteiger charge is -2.43. The minimum absolute atomic E-state index is 0.0784. The van der Waals surface area contributed by atoms with Gasteiger partial charge in [0.25, 0.3) is 5.78 Å². The number of rotatable bonds is 13. The quantitative estimate of drug-likeness (QED) is 0.0795. The first-order valence-corrected chi connectivity index (χ1v) is 20.4. The van der Waals surface area contributed by atoms with Crippen molar-refractivity contribution in [2.24, 2.45) is 5.41 Å². The third-order valence-electron chi connectivity index (χ3n) is 10.7. The van der Waals surface area contributed by atoms with Gasteiger partial charge in [0, 0.05) is 11.0 Å². The topological polar surface area (TPSA) is 52.6 Å². The van der Waals surface area contributed by atoms with Crippen LogP contribution in [0.25, 0.3) is 11.1 Å². The van der Waals surface area contributed by atoms with Gasteiger partial charge in [-0.25, -0.2) is 4.79 Å². The van der Waals surface area contributed by atoms with Crippen molar-refractivity contribution in [2.75, 3.05) is 6.61 Å². The van der Waals surface area contributed by atoms with E-state index < -0.39 is 20.1 Å². The Labute approximate surface area is 286 Å². The highest BCUT2D eigenvalue weighted by Crippen LogP contribution is 2.43. The number of hydrogen-bond donors (Lipinski definition) is 0. The van der Waals surface area contributed by atoms with E-state index in [0.717, 1.165) is 36.8 Å². The summed E-state index contributed by atoms with van der Waals surface area (Å²) in [4.78, 5) is 24.3. The van der Waals surface area contributed by atoms with Gasteiger partial charge >= 0.3 is 5.97 Å². The van der Waals surface area contributed by atoms with Gasteiger partial charge in [-0.05, 0) is 109 Å².